The molecular weight excluding hydrogens is 310 g/mol. The molecule has 1 heterocycles. The zero-order valence-corrected chi connectivity index (χ0v) is 13.0. The summed E-state index contributed by atoms with van der Waals surface area (Å²) < 4.78 is 2.45. The number of hydrogen-bond donors (Lipinski definition) is 0. The molecule has 0 aliphatic heterocycles. The zero-order chi connectivity index (χ0) is 13.8. The van der Waals surface area contributed by atoms with E-state index in [1.807, 2.05) is 0 Å². The third kappa shape index (κ3) is 2.66. The standard InChI is InChI=1S/C18H18BrN/c19-12-6-7-13-20-17-11-5-4-10-16(17)14-18(20)15-8-2-1-3-9-15/h1-5,8-11,14H,6-7,12-13H2. The Morgan fingerprint density at radius 3 is 2.40 bits per heavy atom. The normalized spacial score (nSPS) is 11.1. The molecule has 0 aliphatic carbocycles. The van der Waals surface area contributed by atoms with Crippen LogP contribution in [0.25, 0.3) is 22.2 Å². The Kier molecular flexibility index (Phi) is 4.22. The van der Waals surface area contributed by atoms with Crippen LogP contribution in [0.1, 0.15) is 12.8 Å². The van der Waals surface area contributed by atoms with Gasteiger partial charge in [0.2, 0.25) is 0 Å². The van der Waals surface area contributed by atoms with Crippen LogP contribution in [0.5, 0.6) is 0 Å². The van der Waals surface area contributed by atoms with Crippen molar-refractivity contribution < 1.29 is 0 Å². The number of aryl methyl sites for hydroxylation is 1. The van der Waals surface area contributed by atoms with E-state index in [0.29, 0.717) is 0 Å². The molecule has 1 nitrogen and oxygen atoms in total. The Hall–Kier alpha value is -1.54. The van der Waals surface area contributed by atoms with Crippen molar-refractivity contribution in [1.29, 1.82) is 0 Å². The van der Waals surface area contributed by atoms with Crippen molar-refractivity contribution in [3.8, 4) is 11.3 Å². The third-order valence-electron chi connectivity index (χ3n) is 3.65. The SMILES string of the molecule is BrCCCCn1c(-c2ccccc2)cc2ccccc21. The van der Waals surface area contributed by atoms with E-state index < -0.39 is 0 Å². The van der Waals surface area contributed by atoms with E-state index in [0.717, 1.165) is 11.9 Å². The number of unbranched alkanes of at least 4 members (excludes halogenated alkanes) is 1. The van der Waals surface area contributed by atoms with Gasteiger partial charge < -0.3 is 4.57 Å². The van der Waals surface area contributed by atoms with Gasteiger partial charge in [-0.25, -0.2) is 0 Å². The van der Waals surface area contributed by atoms with Crippen LogP contribution in [0.2, 0.25) is 0 Å². The molecule has 0 spiro atoms. The van der Waals surface area contributed by atoms with E-state index in [4.69, 9.17) is 0 Å². The van der Waals surface area contributed by atoms with Crippen molar-refractivity contribution in [2.75, 3.05) is 5.33 Å². The Morgan fingerprint density at radius 2 is 1.60 bits per heavy atom. The summed E-state index contributed by atoms with van der Waals surface area (Å²) in [5.41, 5.74) is 3.95. The minimum absolute atomic E-state index is 1.07. The fourth-order valence-corrected chi connectivity index (χ4v) is 3.06. The van der Waals surface area contributed by atoms with E-state index in [2.05, 4.69) is 81.2 Å². The molecule has 3 aromatic rings. The molecule has 0 unspecified atom stereocenters. The van der Waals surface area contributed by atoms with Crippen LogP contribution in [-0.2, 0) is 6.54 Å². The van der Waals surface area contributed by atoms with Crippen molar-refractivity contribution in [2.24, 2.45) is 0 Å². The first kappa shape index (κ1) is 13.4. The summed E-state index contributed by atoms with van der Waals surface area (Å²) in [5.74, 6) is 0. The highest BCUT2D eigenvalue weighted by Crippen LogP contribution is 2.28. The van der Waals surface area contributed by atoms with Crippen LogP contribution in [0.3, 0.4) is 0 Å². The molecule has 0 bridgehead atoms. The van der Waals surface area contributed by atoms with Gasteiger partial charge in [-0.15, -0.1) is 0 Å². The van der Waals surface area contributed by atoms with Crippen molar-refractivity contribution >= 4 is 26.8 Å². The highest BCUT2D eigenvalue weighted by molar-refractivity contribution is 9.09. The molecule has 0 saturated carbocycles. The molecule has 0 aliphatic rings. The maximum atomic E-state index is 3.52. The van der Waals surface area contributed by atoms with Gasteiger partial charge >= 0.3 is 0 Å². The van der Waals surface area contributed by atoms with Gasteiger partial charge in [0.1, 0.15) is 0 Å². The van der Waals surface area contributed by atoms with Crippen LogP contribution < -0.4 is 0 Å². The molecule has 0 fully saturated rings. The van der Waals surface area contributed by atoms with E-state index in [1.54, 1.807) is 0 Å². The van der Waals surface area contributed by atoms with Crippen LogP contribution in [-0.4, -0.2) is 9.90 Å². The summed E-state index contributed by atoms with van der Waals surface area (Å²) in [4.78, 5) is 0. The van der Waals surface area contributed by atoms with Gasteiger partial charge in [-0.3, -0.25) is 0 Å². The molecule has 0 saturated heterocycles. The van der Waals surface area contributed by atoms with Gasteiger partial charge in [0.05, 0.1) is 0 Å². The molecule has 0 N–H and O–H groups in total. The monoisotopic (exact) mass is 327 g/mol. The van der Waals surface area contributed by atoms with Crippen LogP contribution >= 0.6 is 15.9 Å². The highest BCUT2D eigenvalue weighted by atomic mass is 79.9. The lowest BCUT2D eigenvalue weighted by Crippen LogP contribution is -2.00. The molecule has 0 radical (unpaired) electrons. The number of para-hydroxylation sites is 1. The van der Waals surface area contributed by atoms with E-state index >= 15 is 0 Å². The van der Waals surface area contributed by atoms with E-state index in [-0.39, 0.29) is 0 Å². The van der Waals surface area contributed by atoms with Crippen LogP contribution in [0, 0.1) is 0 Å². The van der Waals surface area contributed by atoms with Crippen molar-refractivity contribution in [2.45, 2.75) is 19.4 Å². The zero-order valence-electron chi connectivity index (χ0n) is 11.4. The second-order valence-corrected chi connectivity index (χ2v) is 5.80. The number of halogens is 1. The van der Waals surface area contributed by atoms with E-state index in [9.17, 15) is 0 Å². The van der Waals surface area contributed by atoms with Crippen molar-refractivity contribution in [3.05, 3.63) is 60.7 Å². The Morgan fingerprint density at radius 1 is 0.850 bits per heavy atom. The molecule has 102 valence electrons. The highest BCUT2D eigenvalue weighted by Gasteiger charge is 2.09. The summed E-state index contributed by atoms with van der Waals surface area (Å²) in [6.07, 6.45) is 2.41. The second-order valence-electron chi connectivity index (χ2n) is 5.00. The van der Waals surface area contributed by atoms with Gasteiger partial charge in [0, 0.05) is 28.5 Å². The maximum Gasteiger partial charge on any atom is 0.0491 e. The van der Waals surface area contributed by atoms with Crippen LogP contribution in [0.15, 0.2) is 60.7 Å². The minimum Gasteiger partial charge on any atom is -0.340 e. The quantitative estimate of drug-likeness (QED) is 0.431. The summed E-state index contributed by atoms with van der Waals surface area (Å²) in [6.45, 7) is 1.07. The summed E-state index contributed by atoms with van der Waals surface area (Å²) in [7, 11) is 0. The first-order valence-corrected chi connectivity index (χ1v) is 8.22. The fraction of sp³-hybridized carbons (Fsp3) is 0.222. The number of hydrogen-bond acceptors (Lipinski definition) is 0. The predicted molar refractivity (Wildman–Crippen MR) is 90.4 cm³/mol. The molecule has 0 amide bonds. The molecule has 3 rings (SSSR count). The van der Waals surface area contributed by atoms with Gasteiger partial charge in [-0.1, -0.05) is 64.5 Å². The topological polar surface area (TPSA) is 4.93 Å². The Bertz CT molecular complexity index is 685. The van der Waals surface area contributed by atoms with Gasteiger partial charge in [-0.05, 0) is 30.5 Å². The van der Waals surface area contributed by atoms with Gasteiger partial charge in [0.25, 0.3) is 0 Å². The van der Waals surface area contributed by atoms with Gasteiger partial charge in [-0.2, -0.15) is 0 Å². The van der Waals surface area contributed by atoms with Crippen molar-refractivity contribution in [3.63, 3.8) is 0 Å². The lowest BCUT2D eigenvalue weighted by Gasteiger charge is -2.10. The Labute approximate surface area is 128 Å². The number of rotatable bonds is 5. The summed E-state index contributed by atoms with van der Waals surface area (Å²) in [5, 5.41) is 2.40. The van der Waals surface area contributed by atoms with Gasteiger partial charge in [0.15, 0.2) is 0 Å². The Balaban J connectivity index is 2.08. The number of benzene rings is 2. The lowest BCUT2D eigenvalue weighted by molar-refractivity contribution is 0.659. The van der Waals surface area contributed by atoms with Crippen molar-refractivity contribution in [1.82, 2.24) is 4.57 Å². The first-order valence-electron chi connectivity index (χ1n) is 7.10. The smallest absolute Gasteiger partial charge is 0.0491 e. The average Bonchev–Trinajstić information content (AvgIpc) is 2.87. The average molecular weight is 328 g/mol. The molecular formula is C18H18BrN. The molecule has 20 heavy (non-hydrogen) atoms. The maximum absolute atomic E-state index is 3.52. The minimum atomic E-state index is 1.07. The molecule has 2 aromatic carbocycles. The third-order valence-corrected chi connectivity index (χ3v) is 4.21. The lowest BCUT2D eigenvalue weighted by atomic mass is 10.1. The first-order chi connectivity index (χ1) is 9.90. The number of aromatic nitrogens is 1. The summed E-state index contributed by atoms with van der Waals surface area (Å²) >= 11 is 3.52. The van der Waals surface area contributed by atoms with Crippen LogP contribution in [0.4, 0.5) is 0 Å². The second kappa shape index (κ2) is 6.27. The molecule has 1 aromatic heterocycles. The largest absolute Gasteiger partial charge is 0.340 e. The number of nitrogens with zero attached hydrogens (tertiary/aromatic N) is 1. The number of fused-ring (bicyclic) bond motifs is 1. The summed E-state index contributed by atoms with van der Waals surface area (Å²) in [6, 6.07) is 21.6. The molecule has 0 atom stereocenters. The fourth-order valence-electron chi connectivity index (χ4n) is 2.66. The predicted octanol–water partition coefficient (Wildman–Crippen LogP) is 5.48. The molecule has 2 heteroatoms. The van der Waals surface area contributed by atoms with E-state index in [1.165, 1.54) is 35.0 Å². The number of alkyl halides is 1.